The number of aliphatic hydroxyl groups is 1. The molecule has 11 atom stereocenters. The van der Waals surface area contributed by atoms with Crippen molar-refractivity contribution < 1.29 is 33.7 Å². The third kappa shape index (κ3) is 9.30. The quantitative estimate of drug-likeness (QED) is 0.268. The SMILES string of the molecule is CO[C@@H]1C[C@H](OC(N)=O)[C@@H]2C=C[C@@H]3/C=C(C)/C=C/[C@@H](C)[C@H]([C@H](C)[C@H](O)[C@@H](C)NC(C)=O)OC(=O)/C=C/C=C(C)\C=C\C3(C)[C@@H]2C1. The van der Waals surface area contributed by atoms with Gasteiger partial charge in [0.1, 0.15) is 12.2 Å². The van der Waals surface area contributed by atoms with Gasteiger partial charge in [0.2, 0.25) is 5.91 Å². The number of allylic oxidation sites excluding steroid dienone is 9. The zero-order chi connectivity index (χ0) is 33.5. The predicted molar refractivity (Wildman–Crippen MR) is 175 cm³/mol. The fourth-order valence-electron chi connectivity index (χ4n) is 7.10. The van der Waals surface area contributed by atoms with Gasteiger partial charge < -0.3 is 30.4 Å². The normalized spacial score (nSPS) is 38.7. The zero-order valence-electron chi connectivity index (χ0n) is 27.9. The van der Waals surface area contributed by atoms with E-state index in [9.17, 15) is 19.5 Å². The summed E-state index contributed by atoms with van der Waals surface area (Å²) in [6.45, 7) is 13.2. The highest BCUT2D eigenvalue weighted by Crippen LogP contribution is 2.53. The van der Waals surface area contributed by atoms with E-state index >= 15 is 0 Å². The van der Waals surface area contributed by atoms with Crippen LogP contribution >= 0.6 is 0 Å². The van der Waals surface area contributed by atoms with Gasteiger partial charge in [0.05, 0.1) is 18.2 Å². The Balaban J connectivity index is 2.05. The standard InChI is InChI=1S/C36H52N2O7/c1-21-10-9-11-32(40)45-34(24(4)33(41)25(5)38-26(6)39)23(3)13-12-22(2)18-27-14-15-29-30(36(27,7)17-16-21)19-28(43-8)20-31(29)44-35(37)42/h9-18,23-25,27-31,33-34,41H,19-20H2,1-8H3,(H2,37,42)(H,38,39)/b11-9+,13-12+,17-16+,21-10-,22-18+/t23-,24-,25-,27-,28+,29-,30-,31+,33+,34-,36?/m1/s1. The minimum absolute atomic E-state index is 0.0165. The molecule has 1 saturated carbocycles. The second-order valence-corrected chi connectivity index (χ2v) is 13.2. The van der Waals surface area contributed by atoms with Crippen molar-refractivity contribution in [2.45, 2.75) is 91.8 Å². The molecule has 9 nitrogen and oxygen atoms in total. The number of nitrogens with one attached hydrogen (secondary N) is 1. The molecule has 1 heterocycles. The highest BCUT2D eigenvalue weighted by molar-refractivity contribution is 5.82. The largest absolute Gasteiger partial charge is 0.458 e. The Morgan fingerprint density at radius 1 is 1.11 bits per heavy atom. The summed E-state index contributed by atoms with van der Waals surface area (Å²) in [6, 6.07) is -0.521. The summed E-state index contributed by atoms with van der Waals surface area (Å²) in [5, 5.41) is 13.8. The fourth-order valence-corrected chi connectivity index (χ4v) is 7.10. The van der Waals surface area contributed by atoms with Gasteiger partial charge in [-0.3, -0.25) is 4.79 Å². The molecule has 9 heteroatoms. The smallest absolute Gasteiger partial charge is 0.404 e. The van der Waals surface area contributed by atoms with Crippen LogP contribution in [0.25, 0.3) is 0 Å². The topological polar surface area (TPSA) is 137 Å². The van der Waals surface area contributed by atoms with Gasteiger partial charge in [-0.25, -0.2) is 9.59 Å². The van der Waals surface area contributed by atoms with Gasteiger partial charge >= 0.3 is 12.1 Å². The Morgan fingerprint density at radius 3 is 2.47 bits per heavy atom. The van der Waals surface area contributed by atoms with Gasteiger partial charge in [0.25, 0.3) is 0 Å². The molecular weight excluding hydrogens is 572 g/mol. The Morgan fingerprint density at radius 2 is 1.82 bits per heavy atom. The third-order valence-electron chi connectivity index (χ3n) is 9.74. The molecule has 1 aliphatic heterocycles. The van der Waals surface area contributed by atoms with Crippen LogP contribution < -0.4 is 11.1 Å². The molecule has 1 fully saturated rings. The lowest BCUT2D eigenvalue weighted by atomic mass is 9.55. The molecule has 1 unspecified atom stereocenters. The maximum atomic E-state index is 12.9. The summed E-state index contributed by atoms with van der Waals surface area (Å²) in [5.74, 6) is -1.35. The van der Waals surface area contributed by atoms with Crippen molar-refractivity contribution in [3.05, 3.63) is 71.9 Å². The van der Waals surface area contributed by atoms with E-state index in [1.54, 1.807) is 20.1 Å². The van der Waals surface area contributed by atoms with E-state index in [0.717, 1.165) is 17.6 Å². The van der Waals surface area contributed by atoms with Gasteiger partial charge in [-0.05, 0) is 38.5 Å². The molecule has 2 aliphatic carbocycles. The van der Waals surface area contributed by atoms with Crippen molar-refractivity contribution in [3.8, 4) is 0 Å². The summed E-state index contributed by atoms with van der Waals surface area (Å²) < 4.78 is 17.3. The predicted octanol–water partition coefficient (Wildman–Crippen LogP) is 5.33. The minimum atomic E-state index is -0.934. The number of carbonyl (C=O) groups excluding carboxylic acids is 3. The molecule has 248 valence electrons. The van der Waals surface area contributed by atoms with Crippen LogP contribution in [0.2, 0.25) is 0 Å². The van der Waals surface area contributed by atoms with E-state index in [1.165, 1.54) is 13.0 Å². The molecule has 45 heavy (non-hydrogen) atoms. The lowest BCUT2D eigenvalue weighted by Gasteiger charge is -2.51. The van der Waals surface area contributed by atoms with Gasteiger partial charge in [0.15, 0.2) is 0 Å². The van der Waals surface area contributed by atoms with Crippen molar-refractivity contribution in [3.63, 3.8) is 0 Å². The number of rotatable bonds is 6. The number of hydrogen-bond acceptors (Lipinski definition) is 7. The summed E-state index contributed by atoms with van der Waals surface area (Å²) in [5.41, 5.74) is 7.09. The van der Waals surface area contributed by atoms with Crippen LogP contribution in [0, 0.1) is 35.0 Å². The summed E-state index contributed by atoms with van der Waals surface area (Å²) >= 11 is 0. The molecule has 0 aromatic heterocycles. The molecule has 2 amide bonds. The monoisotopic (exact) mass is 624 g/mol. The summed E-state index contributed by atoms with van der Waals surface area (Å²) in [4.78, 5) is 36.4. The number of nitrogens with two attached hydrogens (primary N) is 1. The molecule has 0 aromatic carbocycles. The van der Waals surface area contributed by atoms with Crippen LogP contribution in [-0.4, -0.2) is 60.6 Å². The minimum Gasteiger partial charge on any atom is -0.458 e. The van der Waals surface area contributed by atoms with Gasteiger partial charge in [-0.1, -0.05) is 86.6 Å². The molecule has 3 rings (SSSR count). The molecule has 0 spiro atoms. The number of carbonyl (C=O) groups is 3. The van der Waals surface area contributed by atoms with E-state index < -0.39 is 36.2 Å². The lowest BCUT2D eigenvalue weighted by molar-refractivity contribution is -0.151. The second kappa shape index (κ2) is 15.7. The first-order valence-corrected chi connectivity index (χ1v) is 15.9. The number of aliphatic hydroxyl groups excluding tert-OH is 1. The number of cyclic esters (lactones) is 1. The molecule has 0 aromatic rings. The highest BCUT2D eigenvalue weighted by Gasteiger charge is 2.50. The average molecular weight is 625 g/mol. The molecule has 0 radical (unpaired) electrons. The number of hydrogen-bond donors (Lipinski definition) is 3. The number of ether oxygens (including phenoxy) is 3. The van der Waals surface area contributed by atoms with Gasteiger partial charge in [-0.15, -0.1) is 0 Å². The van der Waals surface area contributed by atoms with E-state index in [2.05, 4.69) is 42.6 Å². The maximum absolute atomic E-state index is 12.9. The number of fused-ring (bicyclic) bond motifs is 3. The number of esters is 1. The van der Waals surface area contributed by atoms with Crippen LogP contribution in [0.15, 0.2) is 71.9 Å². The zero-order valence-corrected chi connectivity index (χ0v) is 27.9. The number of methoxy groups -OCH3 is 1. The summed E-state index contributed by atoms with van der Waals surface area (Å²) in [6.07, 6.45) is 18.4. The molecular formula is C36H52N2O7. The Bertz CT molecular complexity index is 1260. The van der Waals surface area contributed by atoms with Crippen LogP contribution in [0.5, 0.6) is 0 Å². The van der Waals surface area contributed by atoms with Crippen LogP contribution in [0.4, 0.5) is 4.79 Å². The van der Waals surface area contributed by atoms with Crippen molar-refractivity contribution in [1.82, 2.24) is 5.32 Å². The molecule has 0 saturated heterocycles. The highest BCUT2D eigenvalue weighted by atomic mass is 16.6. The van der Waals surface area contributed by atoms with Crippen LogP contribution in [-0.2, 0) is 23.8 Å². The number of primary amides is 1. The van der Waals surface area contributed by atoms with Gasteiger partial charge in [0, 0.05) is 50.2 Å². The van der Waals surface area contributed by atoms with Crippen molar-refractivity contribution >= 4 is 18.0 Å². The molecule has 0 bridgehead atoms. The molecule has 3 aliphatic rings. The fraction of sp³-hybridized carbons (Fsp3) is 0.583. The molecule has 4 N–H and O–H groups in total. The third-order valence-corrected chi connectivity index (χ3v) is 9.74. The van der Waals surface area contributed by atoms with Crippen LogP contribution in [0.1, 0.15) is 61.3 Å². The Hall–Kier alpha value is -3.43. The van der Waals surface area contributed by atoms with E-state index in [0.29, 0.717) is 6.42 Å². The van der Waals surface area contributed by atoms with E-state index in [4.69, 9.17) is 19.9 Å². The van der Waals surface area contributed by atoms with Crippen molar-refractivity contribution in [2.75, 3.05) is 7.11 Å². The Labute approximate surface area is 268 Å². The first-order valence-electron chi connectivity index (χ1n) is 15.9. The maximum Gasteiger partial charge on any atom is 0.404 e. The van der Waals surface area contributed by atoms with E-state index in [1.807, 2.05) is 45.9 Å². The van der Waals surface area contributed by atoms with E-state index in [-0.39, 0.29) is 47.2 Å². The first kappa shape index (κ1) is 36.0. The summed E-state index contributed by atoms with van der Waals surface area (Å²) in [7, 11) is 1.69. The lowest BCUT2D eigenvalue weighted by Crippen LogP contribution is -2.50. The van der Waals surface area contributed by atoms with Crippen molar-refractivity contribution in [2.24, 2.45) is 40.7 Å². The average Bonchev–Trinajstić information content (AvgIpc) is 2.97. The number of amides is 2. The Kier molecular flexibility index (Phi) is 12.6. The second-order valence-electron chi connectivity index (χ2n) is 13.2. The van der Waals surface area contributed by atoms with Crippen molar-refractivity contribution in [1.29, 1.82) is 0 Å². The van der Waals surface area contributed by atoms with Gasteiger partial charge in [-0.2, -0.15) is 0 Å². The van der Waals surface area contributed by atoms with Crippen LogP contribution in [0.3, 0.4) is 0 Å². The first-order chi connectivity index (χ1) is 21.2.